The zero-order valence-corrected chi connectivity index (χ0v) is 15.5. The Balaban J connectivity index is 1.49. The molecule has 1 aliphatic rings. The minimum absolute atomic E-state index is 0.318. The topological polar surface area (TPSA) is 90.9 Å². The Kier molecular flexibility index (Phi) is 4.59. The molecule has 8 nitrogen and oxygen atoms in total. The highest BCUT2D eigenvalue weighted by atomic mass is 32.1. The highest BCUT2D eigenvalue weighted by molar-refractivity contribution is 7.22. The number of nitrogens with one attached hydrogen (secondary N) is 2. The summed E-state index contributed by atoms with van der Waals surface area (Å²) < 4.78 is 22.5. The largest absolute Gasteiger partial charge is 0.493 e. The summed E-state index contributed by atoms with van der Waals surface area (Å²) in [5.74, 6) is 2.11. The van der Waals surface area contributed by atoms with Gasteiger partial charge in [0.05, 0.1) is 24.4 Å². The van der Waals surface area contributed by atoms with Gasteiger partial charge < -0.3 is 18.9 Å². The number of hydrogen-bond acceptors (Lipinski definition) is 8. The Labute approximate surface area is 159 Å². The van der Waals surface area contributed by atoms with Gasteiger partial charge in [0.1, 0.15) is 13.2 Å². The molecule has 0 saturated heterocycles. The number of thiazole rings is 1. The number of carbonyl (C=O) groups is 1. The lowest BCUT2D eigenvalue weighted by Crippen LogP contribution is -2.29. The quantitative estimate of drug-likeness (QED) is 0.651. The number of methoxy groups -OCH3 is 2. The van der Waals surface area contributed by atoms with Crippen molar-refractivity contribution in [2.45, 2.75) is 0 Å². The molecule has 2 aromatic carbocycles. The third kappa shape index (κ3) is 3.41. The molecule has 0 atom stereocenters. The van der Waals surface area contributed by atoms with E-state index in [9.17, 15) is 4.79 Å². The number of ether oxygens (including phenoxy) is 4. The van der Waals surface area contributed by atoms with E-state index in [0.717, 1.165) is 10.2 Å². The van der Waals surface area contributed by atoms with Crippen molar-refractivity contribution in [1.82, 2.24) is 10.4 Å². The maximum absolute atomic E-state index is 12.4. The fourth-order valence-corrected chi connectivity index (χ4v) is 3.51. The lowest BCUT2D eigenvalue weighted by Gasteiger charge is -2.17. The molecule has 0 unspecified atom stereocenters. The third-order valence-electron chi connectivity index (χ3n) is 3.98. The predicted molar refractivity (Wildman–Crippen MR) is 101 cm³/mol. The van der Waals surface area contributed by atoms with Crippen LogP contribution in [-0.2, 0) is 0 Å². The molecule has 1 aliphatic heterocycles. The van der Waals surface area contributed by atoms with Gasteiger partial charge >= 0.3 is 0 Å². The summed E-state index contributed by atoms with van der Waals surface area (Å²) in [5, 5.41) is 0.557. The van der Waals surface area contributed by atoms with E-state index in [2.05, 4.69) is 15.8 Å². The highest BCUT2D eigenvalue weighted by Gasteiger charge is 2.16. The van der Waals surface area contributed by atoms with Crippen LogP contribution in [0.1, 0.15) is 10.4 Å². The first-order valence-corrected chi connectivity index (χ1v) is 8.98. The molecule has 27 heavy (non-hydrogen) atoms. The van der Waals surface area contributed by atoms with Crippen LogP contribution in [0.2, 0.25) is 0 Å². The zero-order valence-electron chi connectivity index (χ0n) is 14.7. The van der Waals surface area contributed by atoms with E-state index in [1.165, 1.54) is 18.4 Å². The Morgan fingerprint density at radius 1 is 1.07 bits per heavy atom. The van der Waals surface area contributed by atoms with Gasteiger partial charge in [0, 0.05) is 17.7 Å². The molecular formula is C18H17N3O5S. The van der Waals surface area contributed by atoms with E-state index < -0.39 is 0 Å². The van der Waals surface area contributed by atoms with E-state index in [4.69, 9.17) is 18.9 Å². The summed E-state index contributed by atoms with van der Waals surface area (Å²) in [6.07, 6.45) is 0. The first-order valence-electron chi connectivity index (χ1n) is 8.16. The van der Waals surface area contributed by atoms with E-state index in [1.807, 2.05) is 12.1 Å². The van der Waals surface area contributed by atoms with E-state index >= 15 is 0 Å². The van der Waals surface area contributed by atoms with Crippen molar-refractivity contribution in [3.63, 3.8) is 0 Å². The minimum atomic E-state index is -0.318. The summed E-state index contributed by atoms with van der Waals surface area (Å²) in [6, 6.07) is 8.66. The van der Waals surface area contributed by atoms with E-state index in [-0.39, 0.29) is 5.91 Å². The Bertz CT molecular complexity index is 961. The Hall–Kier alpha value is -3.20. The molecule has 4 rings (SSSR count). The number of fused-ring (bicyclic) bond motifs is 2. The van der Waals surface area contributed by atoms with Gasteiger partial charge in [-0.05, 0) is 18.2 Å². The van der Waals surface area contributed by atoms with Crippen molar-refractivity contribution >= 4 is 32.6 Å². The molecule has 0 radical (unpaired) electrons. The Morgan fingerprint density at radius 3 is 2.56 bits per heavy atom. The first-order chi connectivity index (χ1) is 13.2. The zero-order chi connectivity index (χ0) is 18.8. The molecular weight excluding hydrogens is 370 g/mol. The smallest absolute Gasteiger partial charge is 0.269 e. The number of hydrazine groups is 1. The summed E-state index contributed by atoms with van der Waals surface area (Å²) in [5.41, 5.74) is 6.68. The lowest BCUT2D eigenvalue weighted by atomic mass is 10.2. The van der Waals surface area contributed by atoms with Gasteiger partial charge in [-0.3, -0.25) is 15.6 Å². The van der Waals surface area contributed by atoms with Crippen molar-refractivity contribution in [2.24, 2.45) is 0 Å². The maximum Gasteiger partial charge on any atom is 0.269 e. The number of benzene rings is 2. The minimum Gasteiger partial charge on any atom is -0.493 e. The number of rotatable bonds is 5. The summed E-state index contributed by atoms with van der Waals surface area (Å²) in [6.45, 7) is 1.05. The molecule has 0 spiro atoms. The second-order valence-electron chi connectivity index (χ2n) is 5.63. The average molecular weight is 387 g/mol. The maximum atomic E-state index is 12.4. The fraction of sp³-hybridized carbons (Fsp3) is 0.222. The van der Waals surface area contributed by atoms with Gasteiger partial charge in [-0.15, -0.1) is 0 Å². The molecule has 0 fully saturated rings. The van der Waals surface area contributed by atoms with Crippen molar-refractivity contribution in [1.29, 1.82) is 0 Å². The summed E-state index contributed by atoms with van der Waals surface area (Å²) in [4.78, 5) is 16.8. The van der Waals surface area contributed by atoms with Crippen LogP contribution in [0.5, 0.6) is 23.0 Å². The summed E-state index contributed by atoms with van der Waals surface area (Å²) >= 11 is 1.40. The SMILES string of the molecule is COc1ccc(C(=O)NNc2nc3cc4c(cc3s2)OCCO4)cc1OC. The van der Waals surface area contributed by atoms with Gasteiger partial charge in [0.15, 0.2) is 23.0 Å². The lowest BCUT2D eigenvalue weighted by molar-refractivity contribution is 0.0962. The number of aromatic nitrogens is 1. The molecule has 0 bridgehead atoms. The number of hydrogen-bond donors (Lipinski definition) is 2. The van der Waals surface area contributed by atoms with Crippen LogP contribution in [0.25, 0.3) is 10.2 Å². The van der Waals surface area contributed by atoms with Crippen molar-refractivity contribution in [2.75, 3.05) is 32.9 Å². The van der Waals surface area contributed by atoms with Crippen LogP contribution in [0.4, 0.5) is 5.13 Å². The van der Waals surface area contributed by atoms with Gasteiger partial charge in [-0.2, -0.15) is 0 Å². The van der Waals surface area contributed by atoms with Crippen LogP contribution < -0.4 is 29.8 Å². The van der Waals surface area contributed by atoms with Gasteiger partial charge in [-0.1, -0.05) is 11.3 Å². The molecule has 3 aromatic rings. The van der Waals surface area contributed by atoms with Crippen molar-refractivity contribution in [3.8, 4) is 23.0 Å². The van der Waals surface area contributed by atoms with Gasteiger partial charge in [0.2, 0.25) is 5.13 Å². The van der Waals surface area contributed by atoms with E-state index in [1.54, 1.807) is 25.3 Å². The standard InChI is InChI=1S/C18H17N3O5S/c1-23-12-4-3-10(7-13(12)24-2)17(22)20-21-18-19-11-8-14-15(9-16(11)27-18)26-6-5-25-14/h3-4,7-9H,5-6H2,1-2H3,(H,19,21)(H,20,22). The van der Waals surface area contributed by atoms with Crippen LogP contribution in [0, 0.1) is 0 Å². The molecule has 2 heterocycles. The second kappa shape index (κ2) is 7.20. The summed E-state index contributed by atoms with van der Waals surface area (Å²) in [7, 11) is 3.06. The monoisotopic (exact) mass is 387 g/mol. The predicted octanol–water partition coefficient (Wildman–Crippen LogP) is 2.84. The van der Waals surface area contributed by atoms with Crippen molar-refractivity contribution in [3.05, 3.63) is 35.9 Å². The van der Waals surface area contributed by atoms with Gasteiger partial charge in [-0.25, -0.2) is 4.98 Å². The molecule has 0 aliphatic carbocycles. The molecule has 1 amide bonds. The number of amides is 1. The fourth-order valence-electron chi connectivity index (χ4n) is 2.68. The third-order valence-corrected chi connectivity index (χ3v) is 4.91. The normalized spacial score (nSPS) is 12.5. The number of nitrogens with zero attached hydrogens (tertiary/aromatic N) is 1. The number of carbonyl (C=O) groups excluding carboxylic acids is 1. The molecule has 1 aromatic heterocycles. The first kappa shape index (κ1) is 17.2. The van der Waals surface area contributed by atoms with Crippen LogP contribution in [0.15, 0.2) is 30.3 Å². The molecule has 140 valence electrons. The van der Waals surface area contributed by atoms with Crippen LogP contribution in [0.3, 0.4) is 0 Å². The van der Waals surface area contributed by atoms with Crippen LogP contribution >= 0.6 is 11.3 Å². The van der Waals surface area contributed by atoms with Gasteiger partial charge in [0.25, 0.3) is 5.91 Å². The molecule has 0 saturated carbocycles. The average Bonchev–Trinajstić information content (AvgIpc) is 3.11. The molecule has 9 heteroatoms. The molecule has 2 N–H and O–H groups in total. The second-order valence-corrected chi connectivity index (χ2v) is 6.66. The number of anilines is 1. The highest BCUT2D eigenvalue weighted by Crippen LogP contribution is 2.37. The Morgan fingerprint density at radius 2 is 1.81 bits per heavy atom. The van der Waals surface area contributed by atoms with E-state index in [0.29, 0.717) is 46.9 Å². The van der Waals surface area contributed by atoms with Crippen LogP contribution in [-0.4, -0.2) is 38.3 Å². The van der Waals surface area contributed by atoms with Crippen molar-refractivity contribution < 1.29 is 23.7 Å².